The first-order valence-corrected chi connectivity index (χ1v) is 9.69. The minimum absolute atomic E-state index is 0.00211. The number of ether oxygens (including phenoxy) is 1. The Morgan fingerprint density at radius 1 is 1.32 bits per heavy atom. The molecule has 5 nitrogen and oxygen atoms in total. The van der Waals surface area contributed by atoms with E-state index in [1.807, 2.05) is 4.90 Å². The summed E-state index contributed by atoms with van der Waals surface area (Å²) in [5, 5.41) is 0. The maximum atomic E-state index is 12.4. The van der Waals surface area contributed by atoms with Gasteiger partial charge in [-0.1, -0.05) is 22.4 Å². The molecule has 1 saturated heterocycles. The molecule has 2 rings (SSSR count). The number of halogens is 1. The number of carbonyl (C=O) groups excluding carboxylic acids is 1. The molecule has 122 valence electrons. The van der Waals surface area contributed by atoms with Crippen molar-refractivity contribution in [2.24, 2.45) is 0 Å². The predicted octanol–water partition coefficient (Wildman–Crippen LogP) is 2.25. The highest BCUT2D eigenvalue weighted by Crippen LogP contribution is 2.20. The van der Waals surface area contributed by atoms with Crippen molar-refractivity contribution < 1.29 is 17.9 Å². The third-order valence-corrected chi connectivity index (χ3v) is 6.15. The fourth-order valence-electron chi connectivity index (χ4n) is 2.66. The van der Waals surface area contributed by atoms with E-state index in [1.165, 1.54) is 7.11 Å². The zero-order chi connectivity index (χ0) is 16.2. The number of likely N-dealkylation sites (tertiary alicyclic amines) is 1. The summed E-state index contributed by atoms with van der Waals surface area (Å²) >= 11 is 3.29. The number of benzene rings is 1. The minimum atomic E-state index is -3.35. The first kappa shape index (κ1) is 17.4. The molecule has 0 aromatic heterocycles. The van der Waals surface area contributed by atoms with E-state index in [2.05, 4.69) is 15.9 Å². The van der Waals surface area contributed by atoms with Gasteiger partial charge in [0.15, 0.2) is 9.84 Å². The van der Waals surface area contributed by atoms with Gasteiger partial charge in [-0.25, -0.2) is 8.42 Å². The van der Waals surface area contributed by atoms with Gasteiger partial charge in [0.25, 0.3) is 0 Å². The SMILES string of the molecule is COC(=O)[C@@H]1CCCCN1CCS(=O)(=O)c1ccc(Br)cc1. The molecule has 0 unspecified atom stereocenters. The molecular weight excluding hydrogens is 370 g/mol. The fourth-order valence-corrected chi connectivity index (χ4v) is 4.18. The molecular formula is C15H20BrNO4S. The summed E-state index contributed by atoms with van der Waals surface area (Å²) in [4.78, 5) is 14.0. The summed E-state index contributed by atoms with van der Waals surface area (Å²) in [6, 6.07) is 6.29. The second-order valence-electron chi connectivity index (χ2n) is 5.34. The maximum Gasteiger partial charge on any atom is 0.323 e. The summed E-state index contributed by atoms with van der Waals surface area (Å²) in [5.41, 5.74) is 0. The molecule has 1 aromatic carbocycles. The highest BCUT2D eigenvalue weighted by molar-refractivity contribution is 9.10. The molecule has 0 saturated carbocycles. The Hall–Kier alpha value is -0.920. The van der Waals surface area contributed by atoms with Gasteiger partial charge in [0.2, 0.25) is 0 Å². The summed E-state index contributed by atoms with van der Waals surface area (Å²) in [5.74, 6) is -0.275. The molecule has 0 spiro atoms. The average molecular weight is 390 g/mol. The van der Waals surface area contributed by atoms with E-state index in [-0.39, 0.29) is 17.8 Å². The monoisotopic (exact) mass is 389 g/mol. The maximum absolute atomic E-state index is 12.4. The van der Waals surface area contributed by atoms with Gasteiger partial charge < -0.3 is 4.74 Å². The molecule has 22 heavy (non-hydrogen) atoms. The van der Waals surface area contributed by atoms with E-state index >= 15 is 0 Å². The second-order valence-corrected chi connectivity index (χ2v) is 8.37. The number of methoxy groups -OCH3 is 1. The van der Waals surface area contributed by atoms with Crippen molar-refractivity contribution in [2.75, 3.05) is 26.0 Å². The van der Waals surface area contributed by atoms with Crippen LogP contribution in [-0.4, -0.2) is 51.3 Å². The minimum Gasteiger partial charge on any atom is -0.468 e. The number of hydrogen-bond donors (Lipinski definition) is 0. The number of piperidine rings is 1. The van der Waals surface area contributed by atoms with Gasteiger partial charge in [0.05, 0.1) is 17.8 Å². The zero-order valence-corrected chi connectivity index (χ0v) is 14.9. The van der Waals surface area contributed by atoms with Crippen LogP contribution in [0, 0.1) is 0 Å². The molecule has 1 fully saturated rings. The molecule has 1 aliphatic heterocycles. The number of rotatable bonds is 5. The van der Waals surface area contributed by atoms with E-state index in [1.54, 1.807) is 24.3 Å². The Bertz CT molecular complexity index is 615. The number of carbonyl (C=O) groups is 1. The fraction of sp³-hybridized carbons (Fsp3) is 0.533. The van der Waals surface area contributed by atoms with E-state index < -0.39 is 9.84 Å². The third-order valence-electron chi connectivity index (χ3n) is 3.91. The molecule has 0 radical (unpaired) electrons. The summed E-state index contributed by atoms with van der Waals surface area (Å²) in [6.45, 7) is 1.08. The standard InChI is InChI=1S/C15H20BrNO4S/c1-21-15(18)14-4-2-3-9-17(14)10-11-22(19,20)13-7-5-12(16)6-8-13/h5-8,14H,2-4,9-11H2,1H3/t14-/m0/s1. The van der Waals surface area contributed by atoms with Crippen molar-refractivity contribution in [2.45, 2.75) is 30.2 Å². The molecule has 0 N–H and O–H groups in total. The van der Waals surface area contributed by atoms with Crippen LogP contribution < -0.4 is 0 Å². The highest BCUT2D eigenvalue weighted by Gasteiger charge is 2.30. The Labute approximate surface area is 139 Å². The van der Waals surface area contributed by atoms with Gasteiger partial charge in [-0.15, -0.1) is 0 Å². The van der Waals surface area contributed by atoms with E-state index in [4.69, 9.17) is 4.74 Å². The van der Waals surface area contributed by atoms with Gasteiger partial charge in [0.1, 0.15) is 6.04 Å². The van der Waals surface area contributed by atoms with Crippen molar-refractivity contribution in [3.8, 4) is 0 Å². The van der Waals surface area contributed by atoms with E-state index in [0.717, 1.165) is 30.3 Å². The van der Waals surface area contributed by atoms with E-state index in [0.29, 0.717) is 11.4 Å². The van der Waals surface area contributed by atoms with Crippen molar-refractivity contribution in [3.05, 3.63) is 28.7 Å². The Morgan fingerprint density at radius 3 is 2.64 bits per heavy atom. The van der Waals surface area contributed by atoms with Crippen molar-refractivity contribution >= 4 is 31.7 Å². The van der Waals surface area contributed by atoms with Gasteiger partial charge in [-0.3, -0.25) is 9.69 Å². The average Bonchev–Trinajstić information content (AvgIpc) is 2.53. The number of hydrogen-bond acceptors (Lipinski definition) is 5. The molecule has 1 heterocycles. The topological polar surface area (TPSA) is 63.7 Å². The van der Waals surface area contributed by atoms with Gasteiger partial charge >= 0.3 is 5.97 Å². The first-order chi connectivity index (χ1) is 10.4. The Balaban J connectivity index is 2.03. The first-order valence-electron chi connectivity index (χ1n) is 7.24. The van der Waals surface area contributed by atoms with Crippen molar-refractivity contribution in [3.63, 3.8) is 0 Å². The molecule has 7 heteroatoms. The third kappa shape index (κ3) is 4.30. The van der Waals surface area contributed by atoms with Gasteiger partial charge in [-0.2, -0.15) is 0 Å². The van der Waals surface area contributed by atoms with Crippen LogP contribution in [0.15, 0.2) is 33.6 Å². The van der Waals surface area contributed by atoms with Crippen molar-refractivity contribution in [1.29, 1.82) is 0 Å². The molecule has 0 bridgehead atoms. The van der Waals surface area contributed by atoms with E-state index in [9.17, 15) is 13.2 Å². The molecule has 1 aliphatic rings. The van der Waals surface area contributed by atoms with Crippen LogP contribution in [0.1, 0.15) is 19.3 Å². The van der Waals surface area contributed by atoms with Gasteiger partial charge in [0, 0.05) is 11.0 Å². The summed E-state index contributed by atoms with van der Waals surface area (Å²) in [6.07, 6.45) is 2.67. The second kappa shape index (κ2) is 7.57. The molecule has 1 aromatic rings. The summed E-state index contributed by atoms with van der Waals surface area (Å²) < 4.78 is 30.4. The highest BCUT2D eigenvalue weighted by atomic mass is 79.9. The normalized spacial score (nSPS) is 19.8. The quantitative estimate of drug-likeness (QED) is 0.722. The van der Waals surface area contributed by atoms with Crippen molar-refractivity contribution in [1.82, 2.24) is 4.90 Å². The number of nitrogens with zero attached hydrogens (tertiary/aromatic N) is 1. The Kier molecular flexibility index (Phi) is 6.00. The lowest BCUT2D eigenvalue weighted by molar-refractivity contribution is -0.148. The number of esters is 1. The molecule has 0 amide bonds. The van der Waals surface area contributed by atoms with Crippen LogP contribution in [0.5, 0.6) is 0 Å². The molecule has 0 aliphatic carbocycles. The van der Waals surface area contributed by atoms with Crippen LogP contribution in [0.25, 0.3) is 0 Å². The van der Waals surface area contributed by atoms with Crippen LogP contribution in [-0.2, 0) is 19.4 Å². The lowest BCUT2D eigenvalue weighted by atomic mass is 10.0. The summed E-state index contributed by atoms with van der Waals surface area (Å²) in [7, 11) is -1.98. The van der Waals surface area contributed by atoms with Crippen LogP contribution in [0.4, 0.5) is 0 Å². The van der Waals surface area contributed by atoms with Crippen LogP contribution in [0.3, 0.4) is 0 Å². The number of sulfone groups is 1. The zero-order valence-electron chi connectivity index (χ0n) is 12.5. The van der Waals surface area contributed by atoms with Gasteiger partial charge in [-0.05, 0) is 43.7 Å². The lowest BCUT2D eigenvalue weighted by Crippen LogP contribution is -2.47. The lowest BCUT2D eigenvalue weighted by Gasteiger charge is -2.33. The Morgan fingerprint density at radius 2 is 2.00 bits per heavy atom. The smallest absolute Gasteiger partial charge is 0.323 e. The van der Waals surface area contributed by atoms with Crippen LogP contribution >= 0.6 is 15.9 Å². The van der Waals surface area contributed by atoms with Crippen LogP contribution in [0.2, 0.25) is 0 Å². The largest absolute Gasteiger partial charge is 0.468 e. The molecule has 1 atom stereocenters. The predicted molar refractivity (Wildman–Crippen MR) is 87.4 cm³/mol.